The van der Waals surface area contributed by atoms with Crippen molar-refractivity contribution in [1.29, 1.82) is 0 Å². The Bertz CT molecular complexity index is 426. The average molecular weight is 348 g/mol. The first kappa shape index (κ1) is 22.3. The number of unbranched alkanes of at least 4 members (excludes halogenated alkanes) is 1. The fourth-order valence-electron chi connectivity index (χ4n) is 1.78. The molecule has 0 heterocycles. The lowest BCUT2D eigenvalue weighted by Gasteiger charge is -2.31. The summed E-state index contributed by atoms with van der Waals surface area (Å²) < 4.78 is 23.7. The van der Waals surface area contributed by atoms with Crippen LogP contribution in [0.3, 0.4) is 0 Å². The topological polar surface area (TPSA) is 98.9 Å². The normalized spacial score (nSPS) is 13.2. The van der Waals surface area contributed by atoms with Gasteiger partial charge in [0.15, 0.2) is 0 Å². The number of hydrogen-bond donors (Lipinski definition) is 1. The number of carbonyl (C=O) groups excluding carboxylic acids is 3. The summed E-state index contributed by atoms with van der Waals surface area (Å²) in [7, 11) is 0. The van der Waals surface area contributed by atoms with Crippen LogP contribution in [0.1, 0.15) is 60.8 Å². The minimum atomic E-state index is -1.80. The van der Waals surface area contributed by atoms with Crippen molar-refractivity contribution in [2.75, 3.05) is 6.54 Å². The molecule has 1 atom stereocenters. The second-order valence-electron chi connectivity index (χ2n) is 7.44. The van der Waals surface area contributed by atoms with Gasteiger partial charge in [0.1, 0.15) is 17.2 Å². The summed E-state index contributed by atoms with van der Waals surface area (Å²) >= 11 is 0. The Balaban J connectivity index is 5.50. The van der Waals surface area contributed by atoms with Crippen LogP contribution in [0.25, 0.3) is 0 Å². The zero-order valence-electron chi connectivity index (χ0n) is 15.3. The van der Waals surface area contributed by atoms with Gasteiger partial charge in [0.2, 0.25) is 0 Å². The second kappa shape index (κ2) is 8.96. The fraction of sp³-hybridized carbons (Fsp3) is 0.812. The standard InChI is InChI=1S/C16H29FN2O5/c1-15(2,3)23-13(21)19(14(22)24-16(4,5)6)11(12(17)20)9-7-8-10-18/h11H,7-10,18H2,1-6H3/t11-/m0/s1. The lowest BCUT2D eigenvalue weighted by molar-refractivity contribution is -0.135. The van der Waals surface area contributed by atoms with Gasteiger partial charge < -0.3 is 15.2 Å². The summed E-state index contributed by atoms with van der Waals surface area (Å²) in [5.74, 6) is 0. The van der Waals surface area contributed by atoms with E-state index in [1.54, 1.807) is 41.5 Å². The Morgan fingerprint density at radius 3 is 1.67 bits per heavy atom. The van der Waals surface area contributed by atoms with Crippen molar-refractivity contribution in [3.63, 3.8) is 0 Å². The Morgan fingerprint density at radius 2 is 1.38 bits per heavy atom. The van der Waals surface area contributed by atoms with E-state index < -0.39 is 35.5 Å². The molecule has 7 nitrogen and oxygen atoms in total. The predicted octanol–water partition coefficient (Wildman–Crippen LogP) is 3.15. The van der Waals surface area contributed by atoms with E-state index in [-0.39, 0.29) is 6.42 Å². The van der Waals surface area contributed by atoms with Gasteiger partial charge in [0.05, 0.1) is 0 Å². The maximum Gasteiger partial charge on any atom is 0.420 e. The van der Waals surface area contributed by atoms with Crippen LogP contribution in [-0.2, 0) is 14.3 Å². The molecule has 0 saturated carbocycles. The molecule has 0 fully saturated rings. The molecule has 0 spiro atoms. The molecule has 0 saturated heterocycles. The number of carbonyl (C=O) groups is 3. The quantitative estimate of drug-likeness (QED) is 0.585. The van der Waals surface area contributed by atoms with E-state index in [1.165, 1.54) is 0 Å². The third kappa shape index (κ3) is 8.81. The third-order valence-corrected chi connectivity index (χ3v) is 2.69. The van der Waals surface area contributed by atoms with Gasteiger partial charge in [-0.1, -0.05) is 0 Å². The molecule has 0 unspecified atom stereocenters. The van der Waals surface area contributed by atoms with E-state index in [9.17, 15) is 18.8 Å². The molecule has 0 aromatic carbocycles. The number of nitrogens with zero attached hydrogens (tertiary/aromatic N) is 1. The predicted molar refractivity (Wildman–Crippen MR) is 87.1 cm³/mol. The highest BCUT2D eigenvalue weighted by molar-refractivity contribution is 5.93. The monoisotopic (exact) mass is 348 g/mol. The molecule has 2 N–H and O–H groups in total. The molecule has 140 valence electrons. The van der Waals surface area contributed by atoms with Crippen LogP contribution >= 0.6 is 0 Å². The van der Waals surface area contributed by atoms with E-state index in [4.69, 9.17) is 15.2 Å². The van der Waals surface area contributed by atoms with E-state index in [0.29, 0.717) is 24.3 Å². The smallest absolute Gasteiger partial charge is 0.420 e. The Labute approximate surface area is 142 Å². The summed E-state index contributed by atoms with van der Waals surface area (Å²) in [6.45, 7) is 9.93. The van der Waals surface area contributed by atoms with Gasteiger partial charge in [0, 0.05) is 0 Å². The zero-order valence-corrected chi connectivity index (χ0v) is 15.3. The molecule has 8 heteroatoms. The van der Waals surface area contributed by atoms with Gasteiger partial charge in [0.25, 0.3) is 0 Å². The van der Waals surface area contributed by atoms with Crippen LogP contribution in [0.15, 0.2) is 0 Å². The molecule has 2 amide bonds. The zero-order chi connectivity index (χ0) is 19.1. The lowest BCUT2D eigenvalue weighted by Crippen LogP contribution is -2.51. The number of hydrogen-bond acceptors (Lipinski definition) is 6. The number of halogens is 1. The average Bonchev–Trinajstić information content (AvgIpc) is 2.32. The fourth-order valence-corrected chi connectivity index (χ4v) is 1.78. The Kier molecular flexibility index (Phi) is 8.32. The first-order valence-corrected chi connectivity index (χ1v) is 7.93. The largest absolute Gasteiger partial charge is 0.443 e. The van der Waals surface area contributed by atoms with Gasteiger partial charge in [-0.3, -0.25) is 4.79 Å². The Morgan fingerprint density at radius 1 is 0.958 bits per heavy atom. The van der Waals surface area contributed by atoms with E-state index in [1.807, 2.05) is 0 Å². The molecule has 0 aromatic rings. The number of amides is 2. The number of imide groups is 1. The van der Waals surface area contributed by atoms with Crippen molar-refractivity contribution in [2.45, 2.75) is 78.0 Å². The summed E-state index contributed by atoms with van der Waals surface area (Å²) in [4.78, 5) is 36.4. The maximum absolute atomic E-state index is 13.5. The number of rotatable bonds is 6. The highest BCUT2D eigenvalue weighted by atomic mass is 19.1. The summed E-state index contributed by atoms with van der Waals surface area (Å²) in [6.07, 6.45) is -1.40. The number of nitrogens with two attached hydrogens (primary N) is 1. The first-order valence-electron chi connectivity index (χ1n) is 7.93. The lowest BCUT2D eigenvalue weighted by atomic mass is 10.1. The van der Waals surface area contributed by atoms with Gasteiger partial charge in [-0.15, -0.1) is 0 Å². The van der Waals surface area contributed by atoms with Crippen molar-refractivity contribution < 1.29 is 28.2 Å². The Hall–Kier alpha value is -1.70. The summed E-state index contributed by atoms with van der Waals surface area (Å²) in [5.41, 5.74) is 3.54. The SMILES string of the molecule is CC(C)(C)OC(=O)N(C(=O)OC(C)(C)C)[C@@H](CCCCN)C(=O)F. The van der Waals surface area contributed by atoms with Crippen molar-refractivity contribution in [2.24, 2.45) is 5.73 Å². The van der Waals surface area contributed by atoms with Crippen molar-refractivity contribution in [3.05, 3.63) is 0 Å². The van der Waals surface area contributed by atoms with Gasteiger partial charge >= 0.3 is 18.2 Å². The van der Waals surface area contributed by atoms with E-state index in [2.05, 4.69) is 0 Å². The summed E-state index contributed by atoms with van der Waals surface area (Å²) in [5, 5.41) is 0. The third-order valence-electron chi connectivity index (χ3n) is 2.69. The minimum Gasteiger partial charge on any atom is -0.443 e. The van der Waals surface area contributed by atoms with Crippen molar-refractivity contribution in [3.8, 4) is 0 Å². The molecule has 24 heavy (non-hydrogen) atoms. The van der Waals surface area contributed by atoms with Crippen LogP contribution in [0.5, 0.6) is 0 Å². The van der Waals surface area contributed by atoms with Crippen LogP contribution in [0.4, 0.5) is 14.0 Å². The van der Waals surface area contributed by atoms with Crippen LogP contribution in [-0.4, -0.2) is 46.9 Å². The molecule has 0 aliphatic heterocycles. The molecule has 0 rings (SSSR count). The molecule has 0 aliphatic rings. The maximum atomic E-state index is 13.5. The highest BCUT2D eigenvalue weighted by Crippen LogP contribution is 2.20. The molecular weight excluding hydrogens is 319 g/mol. The molecule has 0 bridgehead atoms. The minimum absolute atomic E-state index is 0.0506. The number of ether oxygens (including phenoxy) is 2. The second-order valence-corrected chi connectivity index (χ2v) is 7.44. The van der Waals surface area contributed by atoms with E-state index in [0.717, 1.165) is 0 Å². The highest BCUT2D eigenvalue weighted by Gasteiger charge is 2.40. The van der Waals surface area contributed by atoms with Gasteiger partial charge in [-0.2, -0.15) is 9.29 Å². The van der Waals surface area contributed by atoms with Gasteiger partial charge in [-0.25, -0.2) is 9.59 Å². The molecule has 0 aliphatic carbocycles. The molecule has 0 aromatic heterocycles. The van der Waals surface area contributed by atoms with Crippen LogP contribution < -0.4 is 5.73 Å². The van der Waals surface area contributed by atoms with Crippen molar-refractivity contribution >= 4 is 18.2 Å². The van der Waals surface area contributed by atoms with Crippen LogP contribution in [0, 0.1) is 0 Å². The molecule has 0 radical (unpaired) electrons. The molecular formula is C16H29FN2O5. The summed E-state index contributed by atoms with van der Waals surface area (Å²) in [6, 6.07) is -3.40. The van der Waals surface area contributed by atoms with E-state index >= 15 is 0 Å². The van der Waals surface area contributed by atoms with Gasteiger partial charge in [-0.05, 0) is 67.3 Å². The van der Waals surface area contributed by atoms with Crippen molar-refractivity contribution in [1.82, 2.24) is 4.90 Å². The van der Waals surface area contributed by atoms with Crippen LogP contribution in [0.2, 0.25) is 0 Å². The first-order chi connectivity index (χ1) is 10.8.